The van der Waals surface area contributed by atoms with Crippen molar-refractivity contribution in [2.75, 3.05) is 17.6 Å². The van der Waals surface area contributed by atoms with Crippen LogP contribution in [-0.4, -0.2) is 40.6 Å². The van der Waals surface area contributed by atoms with Gasteiger partial charge in [0.2, 0.25) is 12.1 Å². The highest BCUT2D eigenvalue weighted by molar-refractivity contribution is 8.20. The first-order valence-corrected chi connectivity index (χ1v) is 13.6. The number of terminal acetylenes is 1. The molecule has 0 spiro atoms. The lowest BCUT2D eigenvalue weighted by molar-refractivity contribution is -0.664. The molecule has 0 fully saturated rings. The zero-order chi connectivity index (χ0) is 26.9. The van der Waals surface area contributed by atoms with Gasteiger partial charge in [0, 0.05) is 48.6 Å². The number of aryl methyl sites for hydroxylation is 1. The summed E-state index contributed by atoms with van der Waals surface area (Å²) >= 11 is 7.45. The summed E-state index contributed by atoms with van der Waals surface area (Å²) in [6.07, 6.45) is 8.18. The third-order valence-corrected chi connectivity index (χ3v) is 7.19. The van der Waals surface area contributed by atoms with E-state index in [0.29, 0.717) is 13.1 Å². The number of alkyl halides is 3. The molecule has 0 radical (unpaired) electrons. The number of anilines is 1. The third kappa shape index (κ3) is 9.30. The largest absolute Gasteiger partial charge is 0.741 e. The van der Waals surface area contributed by atoms with Gasteiger partial charge < -0.3 is 20.6 Å². The summed E-state index contributed by atoms with van der Waals surface area (Å²) < 4.78 is 63.8. The van der Waals surface area contributed by atoms with Crippen LogP contribution < -0.4 is 20.6 Å². The molecular formula is C20H22F3N5O4S4. The Morgan fingerprint density at radius 3 is 2.64 bits per heavy atom. The van der Waals surface area contributed by atoms with Gasteiger partial charge in [-0.15, -0.1) is 22.9 Å². The number of nitrogens with one attached hydrogen (secondary N) is 3. The lowest BCUT2D eigenvalue weighted by Crippen LogP contribution is -2.37. The van der Waals surface area contributed by atoms with Crippen LogP contribution in [-0.2, 0) is 16.7 Å². The van der Waals surface area contributed by atoms with Gasteiger partial charge in [-0.05, 0) is 54.4 Å². The maximum absolute atomic E-state index is 12.1. The zero-order valence-corrected chi connectivity index (χ0v) is 22.0. The molecule has 3 N–H and O–H groups in total. The van der Waals surface area contributed by atoms with Crippen molar-refractivity contribution in [3.05, 3.63) is 46.5 Å². The number of nitrogens with zero attached hydrogens (tertiary/aromatic N) is 2. The molecular weight excluding hydrogens is 560 g/mol. The first-order chi connectivity index (χ1) is 16.8. The van der Waals surface area contributed by atoms with E-state index in [1.165, 1.54) is 11.9 Å². The standard InChI is InChI=1S/C19H21N5OS3.CHF3O3S/c1-3-10-23-14(2)5-6-15-12-16(7-8-17(15)23)22-19(25)20-9-4-11-27-24-21-13-18(26)28-24;2-1(3,4)8(5,6)7/h1,5-8,12-13,21H,4,9-11H2,2H3,(H2-,20,22,25,26);(H,5,6,7). The highest BCUT2D eigenvalue weighted by Gasteiger charge is 2.36. The minimum Gasteiger partial charge on any atom is -0.741 e. The van der Waals surface area contributed by atoms with E-state index in [1.807, 2.05) is 47.3 Å². The summed E-state index contributed by atoms with van der Waals surface area (Å²) in [5.74, 6) is 3.57. The fourth-order valence-electron chi connectivity index (χ4n) is 2.71. The van der Waals surface area contributed by atoms with E-state index in [2.05, 4.69) is 39.2 Å². The molecule has 36 heavy (non-hydrogen) atoms. The number of thiol groups is 1. The number of pyridine rings is 1. The van der Waals surface area contributed by atoms with Crippen LogP contribution in [0.1, 0.15) is 12.1 Å². The average molecular weight is 582 g/mol. The van der Waals surface area contributed by atoms with E-state index in [-0.39, 0.29) is 6.03 Å². The summed E-state index contributed by atoms with van der Waals surface area (Å²) in [6, 6.07) is 9.68. The maximum Gasteiger partial charge on any atom is 0.485 e. The minimum atomic E-state index is -6.09. The van der Waals surface area contributed by atoms with Gasteiger partial charge in [-0.2, -0.15) is 17.7 Å². The fourth-order valence-corrected chi connectivity index (χ4v) is 4.80. The van der Waals surface area contributed by atoms with E-state index in [4.69, 9.17) is 19.4 Å². The highest BCUT2D eigenvalue weighted by Crippen LogP contribution is 2.32. The van der Waals surface area contributed by atoms with Crippen molar-refractivity contribution in [3.63, 3.8) is 0 Å². The topological polar surface area (TPSA) is 117 Å². The second kappa shape index (κ2) is 13.3. The van der Waals surface area contributed by atoms with Crippen LogP contribution in [0, 0.1) is 19.3 Å². The Morgan fingerprint density at radius 2 is 2.06 bits per heavy atom. The second-order valence-corrected chi connectivity index (χ2v) is 11.4. The summed E-state index contributed by atoms with van der Waals surface area (Å²) in [6.45, 7) is 3.15. The van der Waals surface area contributed by atoms with Crippen molar-refractivity contribution in [1.29, 1.82) is 0 Å². The Balaban J connectivity index is 0.000000493. The van der Waals surface area contributed by atoms with Gasteiger partial charge in [-0.1, -0.05) is 0 Å². The number of rotatable bonds is 7. The number of hydrogen-bond acceptors (Lipinski definition) is 9. The lowest BCUT2D eigenvalue weighted by Gasteiger charge is -2.13. The third-order valence-electron chi connectivity index (χ3n) is 4.32. The molecule has 3 rings (SSSR count). The molecule has 0 bridgehead atoms. The normalized spacial score (nSPS) is 13.8. The monoisotopic (exact) mass is 581 g/mol. The Kier molecular flexibility index (Phi) is 11.1. The number of amides is 2. The molecule has 1 aromatic heterocycles. The van der Waals surface area contributed by atoms with Crippen LogP contribution in [0.2, 0.25) is 0 Å². The summed E-state index contributed by atoms with van der Waals surface area (Å²) in [5.41, 5.74) is 0.333. The Hall–Kier alpha value is -2.29. The smallest absolute Gasteiger partial charge is 0.485 e. The van der Waals surface area contributed by atoms with Crippen molar-refractivity contribution in [2.45, 2.75) is 25.4 Å². The molecule has 16 heteroatoms. The van der Waals surface area contributed by atoms with Crippen LogP contribution in [0.4, 0.5) is 23.7 Å². The van der Waals surface area contributed by atoms with Gasteiger partial charge in [-0.3, -0.25) is 0 Å². The Labute approximate surface area is 220 Å². The summed E-state index contributed by atoms with van der Waals surface area (Å²) in [5, 5.41) is 6.80. The van der Waals surface area contributed by atoms with E-state index >= 15 is 0 Å². The number of aromatic nitrogens is 1. The molecule has 0 atom stereocenters. The van der Waals surface area contributed by atoms with Crippen molar-refractivity contribution in [2.24, 2.45) is 0 Å². The Bertz CT molecular complexity index is 1270. The van der Waals surface area contributed by atoms with Crippen LogP contribution in [0.15, 0.2) is 40.8 Å². The molecule has 1 aliphatic heterocycles. The van der Waals surface area contributed by atoms with Crippen LogP contribution in [0.3, 0.4) is 0 Å². The molecule has 0 unspecified atom stereocenters. The van der Waals surface area contributed by atoms with Gasteiger partial charge in [0.05, 0.1) is 4.24 Å². The van der Waals surface area contributed by atoms with Crippen LogP contribution >= 0.6 is 36.5 Å². The molecule has 9 nitrogen and oxygen atoms in total. The van der Waals surface area contributed by atoms with Gasteiger partial charge in [0.15, 0.2) is 15.8 Å². The predicted octanol–water partition coefficient (Wildman–Crippen LogP) is 3.48. The molecule has 2 heterocycles. The lowest BCUT2D eigenvalue weighted by atomic mass is 10.1. The zero-order valence-electron chi connectivity index (χ0n) is 18.7. The molecule has 0 saturated carbocycles. The summed E-state index contributed by atoms with van der Waals surface area (Å²) in [7, 11) is -6.09. The van der Waals surface area contributed by atoms with E-state index in [9.17, 15) is 18.0 Å². The van der Waals surface area contributed by atoms with Crippen molar-refractivity contribution in [1.82, 2.24) is 14.6 Å². The molecule has 196 valence electrons. The first kappa shape index (κ1) is 29.9. The quantitative estimate of drug-likeness (QED) is 0.0747. The van der Waals surface area contributed by atoms with Gasteiger partial charge >= 0.3 is 11.5 Å². The van der Waals surface area contributed by atoms with Gasteiger partial charge in [-0.25, -0.2) is 13.2 Å². The number of urea groups is 1. The predicted molar refractivity (Wildman–Crippen MR) is 137 cm³/mol. The molecule has 1 aromatic carbocycles. The molecule has 0 aliphatic carbocycles. The van der Waals surface area contributed by atoms with E-state index in [1.54, 1.807) is 11.9 Å². The number of hydrogen-bond donors (Lipinski definition) is 4. The van der Waals surface area contributed by atoms with Crippen molar-refractivity contribution >= 4 is 69.3 Å². The number of benzene rings is 1. The van der Waals surface area contributed by atoms with Gasteiger partial charge in [0.25, 0.3) is 0 Å². The SMILES string of the molecule is C#CC[n+]1c(C)ccc2cc(NC(=O)NCCCSN3NC=C(S)S3)ccc21.O=S(=O)([O-])C(F)(F)F. The number of fused-ring (bicyclic) bond motifs is 1. The fraction of sp³-hybridized carbons (Fsp3) is 0.300. The maximum atomic E-state index is 12.1. The molecule has 2 amide bonds. The van der Waals surface area contributed by atoms with Crippen LogP contribution in [0.25, 0.3) is 10.9 Å². The number of carbonyl (C=O) groups is 1. The van der Waals surface area contributed by atoms with Gasteiger partial charge in [0.1, 0.15) is 0 Å². The van der Waals surface area contributed by atoms with E-state index in [0.717, 1.165) is 38.7 Å². The molecule has 2 aromatic rings. The average Bonchev–Trinajstić information content (AvgIpc) is 3.19. The van der Waals surface area contributed by atoms with Crippen molar-refractivity contribution < 1.29 is 35.5 Å². The number of hydrazine groups is 1. The molecule has 1 aliphatic rings. The molecule has 0 saturated heterocycles. The minimum absolute atomic E-state index is 0.207. The number of halogens is 3. The highest BCUT2D eigenvalue weighted by atomic mass is 32.2. The van der Waals surface area contributed by atoms with E-state index < -0.39 is 15.6 Å². The Morgan fingerprint density at radius 1 is 1.36 bits per heavy atom. The first-order valence-electron chi connectivity index (χ1n) is 10.0. The number of carbonyl (C=O) groups excluding carboxylic acids is 1. The van der Waals surface area contributed by atoms with Crippen LogP contribution in [0.5, 0.6) is 0 Å². The van der Waals surface area contributed by atoms with Crippen molar-refractivity contribution in [3.8, 4) is 12.3 Å². The second-order valence-electron chi connectivity index (χ2n) is 6.97. The summed E-state index contributed by atoms with van der Waals surface area (Å²) in [4.78, 5) is 12.1.